The van der Waals surface area contributed by atoms with E-state index in [1.807, 2.05) is 48.2 Å². The van der Waals surface area contributed by atoms with Crippen LogP contribution in [0.15, 0.2) is 54.6 Å². The molecule has 140 valence electrons. The molecule has 0 atom stereocenters. The Labute approximate surface area is 160 Å². The van der Waals surface area contributed by atoms with Gasteiger partial charge in [-0.25, -0.2) is 0 Å². The molecular weight excluding hydrogens is 338 g/mol. The van der Waals surface area contributed by atoms with Crippen LogP contribution in [-0.2, 0) is 4.79 Å². The smallest absolute Gasteiger partial charge is 0.256 e. The van der Waals surface area contributed by atoms with Gasteiger partial charge in [0.25, 0.3) is 5.91 Å². The number of amides is 2. The van der Waals surface area contributed by atoms with Gasteiger partial charge in [-0.1, -0.05) is 42.0 Å². The van der Waals surface area contributed by atoms with Crippen LogP contribution in [0.1, 0.15) is 21.5 Å². The Kier molecular flexibility index (Phi) is 6.04. The van der Waals surface area contributed by atoms with Crippen LogP contribution in [-0.4, -0.2) is 54.8 Å². The number of piperazine rings is 1. The van der Waals surface area contributed by atoms with Crippen molar-refractivity contribution in [1.29, 1.82) is 0 Å². The van der Waals surface area contributed by atoms with E-state index in [4.69, 9.17) is 0 Å². The predicted molar refractivity (Wildman–Crippen MR) is 109 cm³/mol. The van der Waals surface area contributed by atoms with Crippen LogP contribution < -0.4 is 5.32 Å². The summed E-state index contributed by atoms with van der Waals surface area (Å²) in [7, 11) is 2.05. The van der Waals surface area contributed by atoms with Crippen LogP contribution in [0.25, 0.3) is 6.08 Å². The van der Waals surface area contributed by atoms with E-state index in [0.717, 1.165) is 18.7 Å². The minimum Gasteiger partial charge on any atom is -0.336 e. The van der Waals surface area contributed by atoms with Crippen LogP contribution >= 0.6 is 0 Å². The average Bonchev–Trinajstić information content (AvgIpc) is 2.68. The molecule has 0 spiro atoms. The number of nitrogens with one attached hydrogen (secondary N) is 1. The second-order valence-electron chi connectivity index (χ2n) is 6.87. The summed E-state index contributed by atoms with van der Waals surface area (Å²) in [6.07, 6.45) is 3.25. The van der Waals surface area contributed by atoms with E-state index in [9.17, 15) is 9.59 Å². The fraction of sp³-hybridized carbons (Fsp3) is 0.273. The molecule has 1 saturated heterocycles. The van der Waals surface area contributed by atoms with Gasteiger partial charge >= 0.3 is 0 Å². The fourth-order valence-electron chi connectivity index (χ4n) is 2.98. The summed E-state index contributed by atoms with van der Waals surface area (Å²) >= 11 is 0. The van der Waals surface area contributed by atoms with Crippen LogP contribution in [0, 0.1) is 6.92 Å². The van der Waals surface area contributed by atoms with Crippen molar-refractivity contribution in [3.05, 3.63) is 71.3 Å². The number of carbonyl (C=O) groups is 2. The van der Waals surface area contributed by atoms with Gasteiger partial charge < -0.3 is 15.1 Å². The van der Waals surface area contributed by atoms with Crippen molar-refractivity contribution in [2.45, 2.75) is 6.92 Å². The standard InChI is InChI=1S/C22H25N3O2/c1-17-7-9-18(10-8-17)11-12-21(26)23-20-6-4-3-5-19(20)22(27)25-15-13-24(2)14-16-25/h3-12H,13-16H2,1-2H3,(H,23,26)/b12-11+. The lowest BCUT2D eigenvalue weighted by molar-refractivity contribution is -0.111. The van der Waals surface area contributed by atoms with Crippen LogP contribution in [0.5, 0.6) is 0 Å². The summed E-state index contributed by atoms with van der Waals surface area (Å²) in [4.78, 5) is 29.2. The molecule has 5 heteroatoms. The number of benzene rings is 2. The van der Waals surface area contributed by atoms with E-state index >= 15 is 0 Å². The average molecular weight is 363 g/mol. The largest absolute Gasteiger partial charge is 0.336 e. The second-order valence-corrected chi connectivity index (χ2v) is 6.87. The molecule has 2 aromatic rings. The highest BCUT2D eigenvalue weighted by Crippen LogP contribution is 2.18. The molecule has 0 bridgehead atoms. The minimum absolute atomic E-state index is 0.0403. The Morgan fingerprint density at radius 3 is 2.33 bits per heavy atom. The van der Waals surface area contributed by atoms with Crippen molar-refractivity contribution in [3.8, 4) is 0 Å². The quantitative estimate of drug-likeness (QED) is 0.850. The van der Waals surface area contributed by atoms with Gasteiger partial charge in [0, 0.05) is 32.3 Å². The number of aryl methyl sites for hydroxylation is 1. The predicted octanol–water partition coefficient (Wildman–Crippen LogP) is 3.03. The van der Waals surface area contributed by atoms with E-state index in [1.54, 1.807) is 18.2 Å². The molecule has 0 saturated carbocycles. The molecule has 1 N–H and O–H groups in total. The molecule has 1 heterocycles. The zero-order valence-corrected chi connectivity index (χ0v) is 15.8. The molecule has 27 heavy (non-hydrogen) atoms. The van der Waals surface area contributed by atoms with Crippen LogP contribution in [0.3, 0.4) is 0 Å². The van der Waals surface area contributed by atoms with E-state index in [0.29, 0.717) is 24.3 Å². The van der Waals surface area contributed by atoms with Crippen molar-refractivity contribution in [2.75, 3.05) is 38.5 Å². The molecule has 0 unspecified atom stereocenters. The molecular formula is C22H25N3O2. The number of likely N-dealkylation sites (N-methyl/N-ethyl adjacent to an activating group) is 1. The lowest BCUT2D eigenvalue weighted by atomic mass is 10.1. The lowest BCUT2D eigenvalue weighted by Crippen LogP contribution is -2.47. The van der Waals surface area contributed by atoms with E-state index in [2.05, 4.69) is 17.3 Å². The molecule has 2 aromatic carbocycles. The number of carbonyl (C=O) groups excluding carboxylic acids is 2. The Hall–Kier alpha value is -2.92. The monoisotopic (exact) mass is 363 g/mol. The third-order valence-corrected chi connectivity index (χ3v) is 4.71. The van der Waals surface area contributed by atoms with Gasteiger partial charge in [0.05, 0.1) is 11.3 Å². The molecule has 0 radical (unpaired) electrons. The number of para-hydroxylation sites is 1. The molecule has 2 amide bonds. The third-order valence-electron chi connectivity index (χ3n) is 4.71. The first-order valence-corrected chi connectivity index (χ1v) is 9.15. The third kappa shape index (κ3) is 5.05. The summed E-state index contributed by atoms with van der Waals surface area (Å²) in [5, 5.41) is 2.84. The second kappa shape index (κ2) is 8.64. The van der Waals surface area contributed by atoms with Crippen molar-refractivity contribution in [3.63, 3.8) is 0 Å². The van der Waals surface area contributed by atoms with E-state index < -0.39 is 0 Å². The molecule has 1 aliphatic heterocycles. The maximum absolute atomic E-state index is 12.9. The highest BCUT2D eigenvalue weighted by molar-refractivity contribution is 6.07. The first kappa shape index (κ1) is 18.9. The first-order valence-electron chi connectivity index (χ1n) is 9.15. The van der Waals surface area contributed by atoms with Gasteiger partial charge in [0.15, 0.2) is 0 Å². The van der Waals surface area contributed by atoms with Gasteiger partial charge in [-0.3, -0.25) is 9.59 Å². The summed E-state index contributed by atoms with van der Waals surface area (Å²) in [5.41, 5.74) is 3.20. The van der Waals surface area contributed by atoms with Gasteiger partial charge in [-0.2, -0.15) is 0 Å². The Balaban J connectivity index is 1.69. The maximum atomic E-state index is 12.9. The number of nitrogens with zero attached hydrogens (tertiary/aromatic N) is 2. The first-order chi connectivity index (χ1) is 13.0. The highest BCUT2D eigenvalue weighted by atomic mass is 16.2. The van der Waals surface area contributed by atoms with Crippen LogP contribution in [0.2, 0.25) is 0 Å². The number of hydrogen-bond acceptors (Lipinski definition) is 3. The summed E-state index contributed by atoms with van der Waals surface area (Å²) in [5.74, 6) is -0.296. The lowest BCUT2D eigenvalue weighted by Gasteiger charge is -2.32. The molecule has 0 aromatic heterocycles. The Bertz CT molecular complexity index is 835. The molecule has 1 aliphatic rings. The van der Waals surface area contributed by atoms with Crippen molar-refractivity contribution in [1.82, 2.24) is 9.80 Å². The zero-order valence-electron chi connectivity index (χ0n) is 15.8. The van der Waals surface area contributed by atoms with Gasteiger partial charge in [-0.15, -0.1) is 0 Å². The van der Waals surface area contributed by atoms with Crippen LogP contribution in [0.4, 0.5) is 5.69 Å². The SMILES string of the molecule is Cc1ccc(/C=C/C(=O)Nc2ccccc2C(=O)N2CCN(C)CC2)cc1. The van der Waals surface area contributed by atoms with Gasteiger partial charge in [0.2, 0.25) is 5.91 Å². The van der Waals surface area contributed by atoms with E-state index in [1.165, 1.54) is 11.6 Å². The fourth-order valence-corrected chi connectivity index (χ4v) is 2.98. The zero-order chi connectivity index (χ0) is 19.2. The Morgan fingerprint density at radius 1 is 0.963 bits per heavy atom. The van der Waals surface area contributed by atoms with Crippen molar-refractivity contribution < 1.29 is 9.59 Å². The van der Waals surface area contributed by atoms with Crippen molar-refractivity contribution in [2.24, 2.45) is 0 Å². The summed E-state index contributed by atoms with van der Waals surface area (Å²) in [6, 6.07) is 15.1. The Morgan fingerprint density at radius 2 is 1.63 bits per heavy atom. The molecule has 5 nitrogen and oxygen atoms in total. The maximum Gasteiger partial charge on any atom is 0.256 e. The topological polar surface area (TPSA) is 52.7 Å². The van der Waals surface area contributed by atoms with Crippen molar-refractivity contribution >= 4 is 23.6 Å². The van der Waals surface area contributed by atoms with Gasteiger partial charge in [0.1, 0.15) is 0 Å². The minimum atomic E-state index is -0.255. The molecule has 0 aliphatic carbocycles. The number of hydrogen-bond donors (Lipinski definition) is 1. The summed E-state index contributed by atoms with van der Waals surface area (Å²) < 4.78 is 0. The number of rotatable bonds is 4. The summed E-state index contributed by atoms with van der Waals surface area (Å²) in [6.45, 7) is 5.14. The van der Waals surface area contributed by atoms with Gasteiger partial charge in [-0.05, 0) is 37.7 Å². The van der Waals surface area contributed by atoms with E-state index in [-0.39, 0.29) is 11.8 Å². The number of anilines is 1. The highest BCUT2D eigenvalue weighted by Gasteiger charge is 2.22. The molecule has 3 rings (SSSR count). The normalized spacial score (nSPS) is 15.1. The molecule has 1 fully saturated rings.